The monoisotopic (exact) mass is 326 g/mol. The summed E-state index contributed by atoms with van der Waals surface area (Å²) in [6.45, 7) is 5.08. The van der Waals surface area contributed by atoms with Crippen LogP contribution in [0.15, 0.2) is 29.3 Å². The Morgan fingerprint density at radius 3 is 2.58 bits per heavy atom. The summed E-state index contributed by atoms with van der Waals surface area (Å²) in [5.74, 6) is 1.52. The molecule has 0 saturated carbocycles. The Morgan fingerprint density at radius 1 is 1.00 bits per heavy atom. The maximum absolute atomic E-state index is 12.5. The van der Waals surface area contributed by atoms with Gasteiger partial charge in [-0.05, 0) is 38.4 Å². The van der Waals surface area contributed by atoms with Gasteiger partial charge in [0.25, 0.3) is 5.56 Å². The molecular weight excluding hydrogens is 304 g/mol. The lowest BCUT2D eigenvalue weighted by atomic mass is 10.3. The van der Waals surface area contributed by atoms with Crippen molar-refractivity contribution < 1.29 is 0 Å². The molecule has 24 heavy (non-hydrogen) atoms. The quantitative estimate of drug-likeness (QED) is 0.839. The molecule has 0 amide bonds. The van der Waals surface area contributed by atoms with Crippen molar-refractivity contribution in [3.8, 4) is 0 Å². The van der Waals surface area contributed by atoms with Gasteiger partial charge < -0.3 is 4.90 Å². The van der Waals surface area contributed by atoms with E-state index in [0.29, 0.717) is 19.0 Å². The number of nitrogens with zero attached hydrogens (tertiary/aromatic N) is 6. The standard InChI is InChI=1S/C17H22N6O/c24-16-11-14(12-21-7-1-2-8-21)20-15-13-22(9-4-10-23(15)16)17-18-5-3-6-19-17/h3,5-6,11H,1-2,4,7-10,12-13H2. The normalized spacial score (nSPS) is 18.4. The highest BCUT2D eigenvalue weighted by Crippen LogP contribution is 2.16. The van der Waals surface area contributed by atoms with E-state index in [1.807, 2.05) is 6.07 Å². The number of anilines is 1. The number of fused-ring (bicyclic) bond motifs is 1. The molecule has 0 N–H and O–H groups in total. The van der Waals surface area contributed by atoms with Gasteiger partial charge in [-0.2, -0.15) is 0 Å². The molecule has 1 saturated heterocycles. The van der Waals surface area contributed by atoms with Gasteiger partial charge in [0.2, 0.25) is 5.95 Å². The summed E-state index contributed by atoms with van der Waals surface area (Å²) in [5.41, 5.74) is 0.939. The SMILES string of the molecule is O=c1cc(CN2CCCC2)nc2n1CCCN(c1ncccn1)C2. The van der Waals surface area contributed by atoms with Gasteiger partial charge in [0.1, 0.15) is 5.82 Å². The molecule has 0 bridgehead atoms. The van der Waals surface area contributed by atoms with E-state index in [9.17, 15) is 4.79 Å². The maximum atomic E-state index is 12.5. The first kappa shape index (κ1) is 15.3. The van der Waals surface area contributed by atoms with E-state index in [2.05, 4.69) is 19.8 Å². The van der Waals surface area contributed by atoms with Crippen molar-refractivity contribution in [3.05, 3.63) is 46.4 Å². The highest BCUT2D eigenvalue weighted by Gasteiger charge is 2.20. The van der Waals surface area contributed by atoms with Crippen molar-refractivity contribution >= 4 is 5.95 Å². The fraction of sp³-hybridized carbons (Fsp3) is 0.529. The van der Waals surface area contributed by atoms with Gasteiger partial charge in [0.05, 0.1) is 12.2 Å². The van der Waals surface area contributed by atoms with Crippen LogP contribution < -0.4 is 10.5 Å². The molecule has 2 aromatic rings. The van der Waals surface area contributed by atoms with Crippen LogP contribution in [0.25, 0.3) is 0 Å². The zero-order chi connectivity index (χ0) is 16.4. The molecule has 0 aromatic carbocycles. The van der Waals surface area contributed by atoms with Crippen LogP contribution in [0, 0.1) is 0 Å². The molecule has 7 heteroatoms. The number of likely N-dealkylation sites (tertiary alicyclic amines) is 1. The molecule has 0 unspecified atom stereocenters. The predicted octanol–water partition coefficient (Wildman–Crippen LogP) is 1.04. The average molecular weight is 326 g/mol. The van der Waals surface area contributed by atoms with E-state index < -0.39 is 0 Å². The number of aromatic nitrogens is 4. The Bertz CT molecular complexity index is 753. The van der Waals surface area contributed by atoms with E-state index >= 15 is 0 Å². The third kappa shape index (κ3) is 3.17. The van der Waals surface area contributed by atoms with Crippen molar-refractivity contribution in [2.45, 2.75) is 38.9 Å². The fourth-order valence-electron chi connectivity index (χ4n) is 3.51. The Kier molecular flexibility index (Phi) is 4.25. The molecule has 4 heterocycles. The van der Waals surface area contributed by atoms with E-state index in [-0.39, 0.29) is 5.56 Å². The van der Waals surface area contributed by atoms with Crippen LogP contribution in [0.1, 0.15) is 30.8 Å². The molecular formula is C17H22N6O. The Balaban J connectivity index is 1.62. The van der Waals surface area contributed by atoms with Crippen molar-refractivity contribution in [2.24, 2.45) is 0 Å². The van der Waals surface area contributed by atoms with Gasteiger partial charge in [-0.15, -0.1) is 0 Å². The van der Waals surface area contributed by atoms with Crippen LogP contribution in [0.2, 0.25) is 0 Å². The molecule has 0 spiro atoms. The Morgan fingerprint density at radius 2 is 1.79 bits per heavy atom. The first-order valence-electron chi connectivity index (χ1n) is 8.63. The first-order chi connectivity index (χ1) is 11.8. The van der Waals surface area contributed by atoms with Crippen LogP contribution in [-0.2, 0) is 19.6 Å². The predicted molar refractivity (Wildman–Crippen MR) is 90.7 cm³/mol. The lowest BCUT2D eigenvalue weighted by molar-refractivity contribution is 0.325. The summed E-state index contributed by atoms with van der Waals surface area (Å²) in [6.07, 6.45) is 6.86. The molecule has 0 aliphatic carbocycles. The number of rotatable bonds is 3. The molecule has 7 nitrogen and oxygen atoms in total. The molecule has 4 rings (SSSR count). The molecule has 126 valence electrons. The second-order valence-corrected chi connectivity index (χ2v) is 6.46. The van der Waals surface area contributed by atoms with Crippen LogP contribution >= 0.6 is 0 Å². The van der Waals surface area contributed by atoms with Crippen molar-refractivity contribution in [3.63, 3.8) is 0 Å². The number of hydrogen-bond acceptors (Lipinski definition) is 6. The van der Waals surface area contributed by atoms with Gasteiger partial charge in [-0.3, -0.25) is 14.3 Å². The minimum absolute atomic E-state index is 0.0602. The summed E-state index contributed by atoms with van der Waals surface area (Å²) in [6, 6.07) is 3.52. The van der Waals surface area contributed by atoms with Gasteiger partial charge >= 0.3 is 0 Å². The summed E-state index contributed by atoms with van der Waals surface area (Å²) in [7, 11) is 0. The van der Waals surface area contributed by atoms with E-state index in [1.165, 1.54) is 12.8 Å². The summed E-state index contributed by atoms with van der Waals surface area (Å²) < 4.78 is 1.80. The summed E-state index contributed by atoms with van der Waals surface area (Å²) in [4.78, 5) is 30.5. The third-order valence-corrected chi connectivity index (χ3v) is 4.70. The molecule has 0 atom stereocenters. The summed E-state index contributed by atoms with van der Waals surface area (Å²) >= 11 is 0. The second-order valence-electron chi connectivity index (χ2n) is 6.46. The van der Waals surface area contributed by atoms with Gasteiger partial charge in [-0.1, -0.05) is 0 Å². The van der Waals surface area contributed by atoms with Gasteiger partial charge in [-0.25, -0.2) is 15.0 Å². The minimum atomic E-state index is 0.0602. The Labute approximate surface area is 141 Å². The molecule has 2 aliphatic rings. The zero-order valence-corrected chi connectivity index (χ0v) is 13.8. The average Bonchev–Trinajstić information content (AvgIpc) is 3.00. The fourth-order valence-corrected chi connectivity index (χ4v) is 3.51. The van der Waals surface area contributed by atoms with Crippen LogP contribution in [0.5, 0.6) is 0 Å². The van der Waals surface area contributed by atoms with Gasteiger partial charge in [0.15, 0.2) is 0 Å². The molecule has 0 radical (unpaired) electrons. The van der Waals surface area contributed by atoms with E-state index in [4.69, 9.17) is 4.98 Å². The second kappa shape index (κ2) is 6.68. The van der Waals surface area contributed by atoms with E-state index in [1.54, 1.807) is 23.0 Å². The highest BCUT2D eigenvalue weighted by molar-refractivity contribution is 5.29. The smallest absolute Gasteiger partial charge is 0.253 e. The lowest BCUT2D eigenvalue weighted by Crippen LogP contribution is -2.29. The van der Waals surface area contributed by atoms with Crippen LogP contribution in [0.4, 0.5) is 5.95 Å². The zero-order valence-electron chi connectivity index (χ0n) is 13.8. The van der Waals surface area contributed by atoms with Crippen molar-refractivity contribution in [1.82, 2.24) is 24.4 Å². The topological polar surface area (TPSA) is 67.2 Å². The van der Waals surface area contributed by atoms with Crippen molar-refractivity contribution in [1.29, 1.82) is 0 Å². The van der Waals surface area contributed by atoms with Gasteiger partial charge in [0, 0.05) is 38.1 Å². The minimum Gasteiger partial charge on any atom is -0.333 e. The maximum Gasteiger partial charge on any atom is 0.253 e. The Hall–Kier alpha value is -2.28. The van der Waals surface area contributed by atoms with E-state index in [0.717, 1.165) is 44.1 Å². The first-order valence-corrected chi connectivity index (χ1v) is 8.63. The van der Waals surface area contributed by atoms with Crippen molar-refractivity contribution in [2.75, 3.05) is 24.5 Å². The molecule has 2 aromatic heterocycles. The van der Waals surface area contributed by atoms with Crippen LogP contribution in [0.3, 0.4) is 0 Å². The molecule has 1 fully saturated rings. The highest BCUT2D eigenvalue weighted by atomic mass is 16.1. The largest absolute Gasteiger partial charge is 0.333 e. The third-order valence-electron chi connectivity index (χ3n) is 4.70. The van der Waals surface area contributed by atoms with Crippen LogP contribution in [-0.4, -0.2) is 44.1 Å². The summed E-state index contributed by atoms with van der Waals surface area (Å²) in [5, 5.41) is 0. The number of hydrogen-bond donors (Lipinski definition) is 0. The lowest BCUT2D eigenvalue weighted by Gasteiger charge is -2.20. The molecule has 2 aliphatic heterocycles.